The number of carbonyl (C=O) groups is 1. The smallest absolute Gasteiger partial charge is 0.326 e. The second kappa shape index (κ2) is 5.53. The fourth-order valence-corrected chi connectivity index (χ4v) is 1.68. The summed E-state index contributed by atoms with van der Waals surface area (Å²) in [6.45, 7) is 0. The zero-order valence-electron chi connectivity index (χ0n) is 10.0. The Hall–Kier alpha value is -2.03. The molecule has 0 heterocycles. The Morgan fingerprint density at radius 3 is 2.40 bits per heavy atom. The molecule has 20 heavy (non-hydrogen) atoms. The monoisotopic (exact) mass is 277 g/mol. The number of hydrogen-bond donors (Lipinski definition) is 1. The van der Waals surface area contributed by atoms with Gasteiger partial charge in [-0.15, -0.1) is 0 Å². The van der Waals surface area contributed by atoms with E-state index in [9.17, 15) is 18.0 Å². The van der Waals surface area contributed by atoms with Crippen LogP contribution in [0.3, 0.4) is 0 Å². The lowest BCUT2D eigenvalue weighted by Crippen LogP contribution is -2.20. The molecule has 0 unspecified atom stereocenters. The van der Waals surface area contributed by atoms with E-state index in [1.807, 2.05) is 0 Å². The number of alkyl halides is 3. The summed E-state index contributed by atoms with van der Waals surface area (Å²) >= 11 is 0. The standard InChI is InChI=1S/C14H8F3N2O/c15-14(16,17)12-7-11(6-5-10(12)8-18)19-13(20)9-3-1-2-4-9/h1-7H,(H,19,20). The third-order valence-electron chi connectivity index (χ3n) is 2.63. The molecule has 1 amide bonds. The topological polar surface area (TPSA) is 52.9 Å². The van der Waals surface area contributed by atoms with Crippen LogP contribution in [0.25, 0.3) is 0 Å². The van der Waals surface area contributed by atoms with Gasteiger partial charge in [-0.2, -0.15) is 18.4 Å². The average molecular weight is 277 g/mol. The van der Waals surface area contributed by atoms with Crippen LogP contribution < -0.4 is 5.32 Å². The molecule has 5 radical (unpaired) electrons. The first kappa shape index (κ1) is 14.4. The summed E-state index contributed by atoms with van der Waals surface area (Å²) in [4.78, 5) is 11.7. The minimum atomic E-state index is -4.65. The fourth-order valence-electron chi connectivity index (χ4n) is 1.68. The number of nitrogens with zero attached hydrogens (tertiary/aromatic N) is 1. The van der Waals surface area contributed by atoms with Gasteiger partial charge in [0.05, 0.1) is 23.1 Å². The Kier molecular flexibility index (Phi) is 3.98. The number of amides is 1. The van der Waals surface area contributed by atoms with Crippen molar-refractivity contribution in [3.05, 3.63) is 60.9 Å². The highest BCUT2D eigenvalue weighted by Crippen LogP contribution is 2.34. The summed E-state index contributed by atoms with van der Waals surface area (Å²) in [5, 5.41) is 11.0. The van der Waals surface area contributed by atoms with E-state index < -0.39 is 23.2 Å². The van der Waals surface area contributed by atoms with Crippen molar-refractivity contribution in [2.24, 2.45) is 0 Å². The summed E-state index contributed by atoms with van der Waals surface area (Å²) in [6.07, 6.45) is 1.74. The van der Waals surface area contributed by atoms with Crippen LogP contribution in [0.5, 0.6) is 0 Å². The van der Waals surface area contributed by atoms with Gasteiger partial charge in [0.2, 0.25) is 5.91 Å². The maximum absolute atomic E-state index is 12.8. The first-order valence-corrected chi connectivity index (χ1v) is 5.56. The minimum Gasteiger partial charge on any atom is -0.326 e. The first-order chi connectivity index (χ1) is 9.41. The Balaban J connectivity index is 2.21. The maximum atomic E-state index is 12.8. The molecule has 101 valence electrons. The molecule has 1 N–H and O–H groups in total. The Morgan fingerprint density at radius 2 is 1.85 bits per heavy atom. The van der Waals surface area contributed by atoms with Crippen molar-refractivity contribution in [2.45, 2.75) is 6.18 Å². The molecule has 0 bridgehead atoms. The number of anilines is 1. The molecular weight excluding hydrogens is 269 g/mol. The van der Waals surface area contributed by atoms with Gasteiger partial charge in [0, 0.05) is 5.69 Å². The Morgan fingerprint density at radius 1 is 1.20 bits per heavy atom. The summed E-state index contributed by atoms with van der Waals surface area (Å²) in [6, 6.07) is 4.52. The van der Waals surface area contributed by atoms with Crippen LogP contribution in [0.1, 0.15) is 11.1 Å². The fraction of sp³-hybridized carbons (Fsp3) is 0.0714. The van der Waals surface area contributed by atoms with Crippen LogP contribution in [0.2, 0.25) is 0 Å². The van der Waals surface area contributed by atoms with Crippen molar-refractivity contribution in [1.29, 1.82) is 5.26 Å². The SMILES string of the molecule is N#Cc1ccc(NC(=O)[C]2[CH][CH][CH][CH]2)cc1C(F)(F)F. The zero-order chi connectivity index (χ0) is 14.8. The second-order valence-corrected chi connectivity index (χ2v) is 4.00. The van der Waals surface area contributed by atoms with E-state index in [4.69, 9.17) is 5.26 Å². The largest absolute Gasteiger partial charge is 0.417 e. The maximum Gasteiger partial charge on any atom is 0.417 e. The van der Waals surface area contributed by atoms with Crippen LogP contribution in [0.4, 0.5) is 18.9 Å². The van der Waals surface area contributed by atoms with E-state index >= 15 is 0 Å². The van der Waals surface area contributed by atoms with Gasteiger partial charge in [-0.05, 0) is 43.9 Å². The summed E-state index contributed by atoms with van der Waals surface area (Å²) in [5.74, 6) is -0.157. The van der Waals surface area contributed by atoms with Gasteiger partial charge >= 0.3 is 6.18 Å². The second-order valence-electron chi connectivity index (χ2n) is 4.00. The van der Waals surface area contributed by atoms with Gasteiger partial charge in [-0.1, -0.05) is 0 Å². The molecule has 1 aromatic carbocycles. The molecule has 1 fully saturated rings. The first-order valence-electron chi connectivity index (χ1n) is 5.56. The van der Waals surface area contributed by atoms with Crippen molar-refractivity contribution >= 4 is 11.6 Å². The number of hydrogen-bond acceptors (Lipinski definition) is 2. The summed E-state index contributed by atoms with van der Waals surface area (Å²) in [5.41, 5.74) is -1.56. The number of carbonyl (C=O) groups excluding carboxylic acids is 1. The van der Waals surface area contributed by atoms with Crippen LogP contribution in [-0.2, 0) is 11.0 Å². The van der Waals surface area contributed by atoms with Crippen LogP contribution in [0.15, 0.2) is 18.2 Å². The predicted octanol–water partition coefficient (Wildman–Crippen LogP) is 2.92. The quantitative estimate of drug-likeness (QED) is 0.903. The molecule has 1 aliphatic carbocycles. The third kappa shape index (κ3) is 3.10. The van der Waals surface area contributed by atoms with Gasteiger partial charge < -0.3 is 5.32 Å². The molecule has 0 aliphatic heterocycles. The van der Waals surface area contributed by atoms with Crippen LogP contribution in [0, 0.1) is 42.9 Å². The van der Waals surface area contributed by atoms with E-state index in [1.165, 1.54) is 12.1 Å². The highest BCUT2D eigenvalue weighted by Gasteiger charge is 2.34. The molecule has 1 aromatic rings. The normalized spacial score (nSPS) is 15.9. The summed E-state index contributed by atoms with van der Waals surface area (Å²) in [7, 11) is 0. The van der Waals surface area contributed by atoms with Gasteiger partial charge in [0.25, 0.3) is 0 Å². The van der Waals surface area contributed by atoms with Crippen molar-refractivity contribution in [1.82, 2.24) is 0 Å². The third-order valence-corrected chi connectivity index (χ3v) is 2.63. The molecular formula is C14H8F3N2O. The lowest BCUT2D eigenvalue weighted by atomic mass is 10.1. The molecule has 6 heteroatoms. The minimum absolute atomic E-state index is 0.0116. The van der Waals surface area contributed by atoms with Gasteiger partial charge in [0.15, 0.2) is 0 Å². The predicted molar refractivity (Wildman–Crippen MR) is 65.2 cm³/mol. The van der Waals surface area contributed by atoms with Crippen molar-refractivity contribution in [2.75, 3.05) is 5.32 Å². The highest BCUT2D eigenvalue weighted by molar-refractivity contribution is 6.05. The lowest BCUT2D eigenvalue weighted by molar-refractivity contribution is -0.137. The molecule has 2 rings (SSSR count). The lowest BCUT2D eigenvalue weighted by Gasteiger charge is -2.13. The van der Waals surface area contributed by atoms with Gasteiger partial charge in [-0.25, -0.2) is 0 Å². The molecule has 3 nitrogen and oxygen atoms in total. The van der Waals surface area contributed by atoms with E-state index in [0.29, 0.717) is 5.92 Å². The number of nitrogens with one attached hydrogen (secondary N) is 1. The number of halogens is 3. The molecule has 0 atom stereocenters. The van der Waals surface area contributed by atoms with Crippen molar-refractivity contribution in [3.8, 4) is 6.07 Å². The molecule has 0 aromatic heterocycles. The van der Waals surface area contributed by atoms with E-state index in [0.717, 1.165) is 12.1 Å². The summed E-state index contributed by atoms with van der Waals surface area (Å²) < 4.78 is 38.3. The van der Waals surface area contributed by atoms with E-state index in [2.05, 4.69) is 5.32 Å². The molecule has 0 saturated heterocycles. The van der Waals surface area contributed by atoms with Crippen molar-refractivity contribution in [3.63, 3.8) is 0 Å². The van der Waals surface area contributed by atoms with Gasteiger partial charge in [-0.3, -0.25) is 4.79 Å². The molecule has 1 saturated carbocycles. The van der Waals surface area contributed by atoms with E-state index in [-0.39, 0.29) is 5.69 Å². The van der Waals surface area contributed by atoms with Crippen molar-refractivity contribution < 1.29 is 18.0 Å². The van der Waals surface area contributed by atoms with E-state index in [1.54, 1.807) is 25.7 Å². The van der Waals surface area contributed by atoms with Crippen LogP contribution in [-0.4, -0.2) is 5.91 Å². The Bertz CT molecular complexity index is 555. The number of benzene rings is 1. The molecule has 1 aliphatic rings. The zero-order valence-corrected chi connectivity index (χ0v) is 10.0. The van der Waals surface area contributed by atoms with Crippen LogP contribution >= 0.6 is 0 Å². The number of nitriles is 1. The number of rotatable bonds is 2. The highest BCUT2D eigenvalue weighted by atomic mass is 19.4. The average Bonchev–Trinajstić information content (AvgIpc) is 2.91. The Labute approximate surface area is 114 Å². The molecule has 0 spiro atoms. The van der Waals surface area contributed by atoms with Gasteiger partial charge in [0.1, 0.15) is 0 Å².